The number of rotatable bonds is 4. The summed E-state index contributed by atoms with van der Waals surface area (Å²) in [7, 11) is 0. The topological polar surface area (TPSA) is 62.0 Å². The van der Waals surface area contributed by atoms with Crippen LogP contribution in [0.5, 0.6) is 0 Å². The first-order valence-electron chi connectivity index (χ1n) is 5.26. The maximum atomic E-state index is 11.7. The Labute approximate surface area is 98.7 Å². The van der Waals surface area contributed by atoms with Gasteiger partial charge in [0, 0.05) is 6.20 Å². The van der Waals surface area contributed by atoms with Crippen LogP contribution in [0.15, 0.2) is 48.7 Å². The number of H-pyrrole nitrogens is 1. The molecule has 0 fully saturated rings. The van der Waals surface area contributed by atoms with E-state index in [-0.39, 0.29) is 5.91 Å². The predicted octanol–water partition coefficient (Wildman–Crippen LogP) is 1.68. The molecule has 2 aromatic rings. The van der Waals surface area contributed by atoms with Gasteiger partial charge in [0.05, 0.1) is 0 Å². The Balaban J connectivity index is 2.11. The van der Waals surface area contributed by atoms with Gasteiger partial charge in [-0.3, -0.25) is 4.79 Å². The molecule has 0 aliphatic heterocycles. The molecule has 1 atom stereocenters. The monoisotopic (exact) mass is 228 g/mol. The van der Waals surface area contributed by atoms with Crippen LogP contribution in [0.2, 0.25) is 0 Å². The molecular weight excluding hydrogens is 216 g/mol. The van der Waals surface area contributed by atoms with E-state index in [1.54, 1.807) is 30.5 Å². The second-order valence-electron chi connectivity index (χ2n) is 3.58. The van der Waals surface area contributed by atoms with Crippen molar-refractivity contribution >= 4 is 12.2 Å². The molecule has 1 aromatic carbocycles. The van der Waals surface area contributed by atoms with Gasteiger partial charge in [-0.25, -0.2) is 0 Å². The van der Waals surface area contributed by atoms with E-state index >= 15 is 0 Å². The Morgan fingerprint density at radius 3 is 2.53 bits per heavy atom. The quantitative estimate of drug-likeness (QED) is 0.782. The van der Waals surface area contributed by atoms with Gasteiger partial charge in [0.2, 0.25) is 0 Å². The molecule has 4 heteroatoms. The summed E-state index contributed by atoms with van der Waals surface area (Å²) >= 11 is 0. The number of nitrogens with one attached hydrogen (secondary N) is 2. The van der Waals surface area contributed by atoms with Gasteiger partial charge in [0.1, 0.15) is 18.0 Å². The fourth-order valence-corrected chi connectivity index (χ4v) is 1.55. The summed E-state index contributed by atoms with van der Waals surface area (Å²) in [6.07, 6.45) is 2.38. The average Bonchev–Trinajstić information content (AvgIpc) is 2.90. The maximum Gasteiger partial charge on any atom is 0.268 e. The Morgan fingerprint density at radius 2 is 1.94 bits per heavy atom. The summed E-state index contributed by atoms with van der Waals surface area (Å²) in [5, 5.41) is 2.65. The van der Waals surface area contributed by atoms with Gasteiger partial charge < -0.3 is 15.1 Å². The molecule has 1 unspecified atom stereocenters. The molecule has 0 aliphatic carbocycles. The number of amides is 1. The molecule has 2 N–H and O–H groups in total. The van der Waals surface area contributed by atoms with Crippen LogP contribution >= 0.6 is 0 Å². The minimum atomic E-state index is -0.619. The lowest BCUT2D eigenvalue weighted by Gasteiger charge is -2.12. The fourth-order valence-electron chi connectivity index (χ4n) is 1.55. The van der Waals surface area contributed by atoms with Gasteiger partial charge in [-0.1, -0.05) is 30.3 Å². The molecule has 1 amide bonds. The van der Waals surface area contributed by atoms with Crippen LogP contribution in [0.1, 0.15) is 22.1 Å². The first kappa shape index (κ1) is 11.1. The van der Waals surface area contributed by atoms with Crippen molar-refractivity contribution in [3.05, 3.63) is 59.9 Å². The average molecular weight is 228 g/mol. The summed E-state index contributed by atoms with van der Waals surface area (Å²) in [6, 6.07) is 11.9. The number of aromatic nitrogens is 1. The van der Waals surface area contributed by atoms with E-state index in [1.165, 1.54) is 0 Å². The van der Waals surface area contributed by atoms with Crippen LogP contribution in [0.25, 0.3) is 0 Å². The normalized spacial score (nSPS) is 11.8. The number of hydrogen-bond donors (Lipinski definition) is 2. The van der Waals surface area contributed by atoms with Crippen LogP contribution in [-0.2, 0) is 4.79 Å². The highest BCUT2D eigenvalue weighted by atomic mass is 16.2. The van der Waals surface area contributed by atoms with Crippen LogP contribution in [0, 0.1) is 0 Å². The van der Waals surface area contributed by atoms with E-state index in [0.717, 1.165) is 11.8 Å². The van der Waals surface area contributed by atoms with Crippen LogP contribution in [0.4, 0.5) is 0 Å². The van der Waals surface area contributed by atoms with E-state index in [0.29, 0.717) is 5.69 Å². The third-order valence-electron chi connectivity index (χ3n) is 2.42. The van der Waals surface area contributed by atoms with E-state index in [4.69, 9.17) is 0 Å². The van der Waals surface area contributed by atoms with E-state index in [2.05, 4.69) is 10.3 Å². The summed E-state index contributed by atoms with van der Waals surface area (Å²) in [5.41, 5.74) is 1.20. The molecule has 1 aromatic heterocycles. The Morgan fingerprint density at radius 1 is 1.18 bits per heavy atom. The highest BCUT2D eigenvalue weighted by Gasteiger charge is 2.14. The summed E-state index contributed by atoms with van der Waals surface area (Å²) < 4.78 is 0. The lowest BCUT2D eigenvalue weighted by Crippen LogP contribution is -2.29. The molecule has 0 radical (unpaired) electrons. The molecule has 2 rings (SSSR count). The van der Waals surface area contributed by atoms with Gasteiger partial charge in [-0.15, -0.1) is 0 Å². The molecule has 0 spiro atoms. The zero-order valence-corrected chi connectivity index (χ0v) is 9.09. The summed E-state index contributed by atoms with van der Waals surface area (Å²) in [4.78, 5) is 25.5. The van der Waals surface area contributed by atoms with Gasteiger partial charge in [-0.2, -0.15) is 0 Å². The van der Waals surface area contributed by atoms with Crippen LogP contribution < -0.4 is 5.32 Å². The van der Waals surface area contributed by atoms with Crippen molar-refractivity contribution in [3.8, 4) is 0 Å². The zero-order chi connectivity index (χ0) is 12.1. The lowest BCUT2D eigenvalue weighted by atomic mass is 10.1. The molecule has 4 nitrogen and oxygen atoms in total. The lowest BCUT2D eigenvalue weighted by molar-refractivity contribution is -0.109. The van der Waals surface area contributed by atoms with Crippen molar-refractivity contribution in [2.75, 3.05) is 0 Å². The third-order valence-corrected chi connectivity index (χ3v) is 2.42. The molecule has 0 saturated carbocycles. The standard InChI is InChI=1S/C13H12N2O2/c16-9-12(10-5-2-1-3-6-10)15-13(17)11-7-4-8-14-11/h1-9,12,14H,(H,15,17). The van der Waals surface area contributed by atoms with Gasteiger partial charge in [0.15, 0.2) is 0 Å². The third kappa shape index (κ3) is 2.60. The smallest absolute Gasteiger partial charge is 0.268 e. The first-order chi connectivity index (χ1) is 8.31. The predicted molar refractivity (Wildman–Crippen MR) is 63.5 cm³/mol. The number of aromatic amines is 1. The Bertz CT molecular complexity index is 491. The van der Waals surface area contributed by atoms with Crippen molar-refractivity contribution < 1.29 is 9.59 Å². The Hall–Kier alpha value is -2.36. The maximum absolute atomic E-state index is 11.7. The van der Waals surface area contributed by atoms with Crippen LogP contribution in [0.3, 0.4) is 0 Å². The van der Waals surface area contributed by atoms with E-state index in [9.17, 15) is 9.59 Å². The number of carbonyl (C=O) groups is 2. The SMILES string of the molecule is O=CC(NC(=O)c1ccc[nH]1)c1ccccc1. The van der Waals surface area contributed by atoms with Gasteiger partial charge in [0.25, 0.3) is 5.91 Å². The summed E-state index contributed by atoms with van der Waals surface area (Å²) in [6.45, 7) is 0. The minimum absolute atomic E-state index is 0.295. The second-order valence-corrected chi connectivity index (χ2v) is 3.58. The second kappa shape index (κ2) is 5.12. The number of hydrogen-bond acceptors (Lipinski definition) is 2. The van der Waals surface area contributed by atoms with Crippen molar-refractivity contribution in [3.63, 3.8) is 0 Å². The molecule has 0 aliphatic rings. The van der Waals surface area contributed by atoms with E-state index in [1.807, 2.05) is 18.2 Å². The van der Waals surface area contributed by atoms with Crippen LogP contribution in [-0.4, -0.2) is 17.2 Å². The summed E-state index contributed by atoms with van der Waals surface area (Å²) in [5.74, 6) is -0.295. The number of carbonyl (C=O) groups excluding carboxylic acids is 2. The van der Waals surface area contributed by atoms with Crippen molar-refractivity contribution in [2.24, 2.45) is 0 Å². The minimum Gasteiger partial charge on any atom is -0.357 e. The van der Waals surface area contributed by atoms with Crippen molar-refractivity contribution in [2.45, 2.75) is 6.04 Å². The highest BCUT2D eigenvalue weighted by molar-refractivity contribution is 5.94. The molecule has 17 heavy (non-hydrogen) atoms. The zero-order valence-electron chi connectivity index (χ0n) is 9.09. The van der Waals surface area contributed by atoms with E-state index < -0.39 is 6.04 Å². The largest absolute Gasteiger partial charge is 0.357 e. The highest BCUT2D eigenvalue weighted by Crippen LogP contribution is 2.10. The molecule has 1 heterocycles. The molecular formula is C13H12N2O2. The number of benzene rings is 1. The Kier molecular flexibility index (Phi) is 3.35. The van der Waals surface area contributed by atoms with Crippen molar-refractivity contribution in [1.82, 2.24) is 10.3 Å². The van der Waals surface area contributed by atoms with Crippen molar-refractivity contribution in [1.29, 1.82) is 0 Å². The fraction of sp³-hybridized carbons (Fsp3) is 0.0769. The molecule has 0 bridgehead atoms. The first-order valence-corrected chi connectivity index (χ1v) is 5.26. The molecule has 86 valence electrons. The molecule has 0 saturated heterocycles. The van der Waals surface area contributed by atoms with Gasteiger partial charge >= 0.3 is 0 Å². The number of aldehydes is 1. The van der Waals surface area contributed by atoms with Gasteiger partial charge in [-0.05, 0) is 17.7 Å².